The molecule has 0 bridgehead atoms. The third-order valence-electron chi connectivity index (χ3n) is 4.52. The Labute approximate surface area is 149 Å². The first-order valence-electron chi connectivity index (χ1n) is 9.53. The van der Waals surface area contributed by atoms with Gasteiger partial charge in [0.2, 0.25) is 0 Å². The summed E-state index contributed by atoms with van der Waals surface area (Å²) in [5, 5.41) is 6.56. The molecule has 0 aromatic heterocycles. The summed E-state index contributed by atoms with van der Waals surface area (Å²) in [5.74, 6) is 0. The third kappa shape index (κ3) is 6.96. The fraction of sp³-hybridized carbons (Fsp3) is 0.619. The number of hydrogen-bond donors (Lipinski definition) is 2. The van der Waals surface area contributed by atoms with Crippen LogP contribution in [0.1, 0.15) is 56.2 Å². The molecule has 0 aliphatic carbocycles. The zero-order chi connectivity index (χ0) is 17.8. The number of anilines is 1. The van der Waals surface area contributed by atoms with E-state index in [0.717, 1.165) is 13.0 Å². The molecule has 3 nitrogen and oxygen atoms in total. The minimum atomic E-state index is 0.841. The number of nitrogens with zero attached hydrogens (tertiary/aromatic N) is 1. The SMILES string of the molecule is C=CNCc1cc(NC)c(CCCCN(CCC)CCC)cc1C. The van der Waals surface area contributed by atoms with E-state index in [4.69, 9.17) is 0 Å². The van der Waals surface area contributed by atoms with Gasteiger partial charge in [0.05, 0.1) is 0 Å². The molecule has 1 aromatic rings. The smallest absolute Gasteiger partial charge is 0.0398 e. The van der Waals surface area contributed by atoms with Gasteiger partial charge in [0.15, 0.2) is 0 Å². The molecule has 3 heteroatoms. The highest BCUT2D eigenvalue weighted by Crippen LogP contribution is 2.23. The quantitative estimate of drug-likeness (QED) is 0.512. The van der Waals surface area contributed by atoms with Crippen molar-refractivity contribution in [2.75, 3.05) is 32.0 Å². The normalized spacial score (nSPS) is 10.9. The summed E-state index contributed by atoms with van der Waals surface area (Å²) < 4.78 is 0. The summed E-state index contributed by atoms with van der Waals surface area (Å²) in [6, 6.07) is 4.63. The second-order valence-corrected chi connectivity index (χ2v) is 6.57. The largest absolute Gasteiger partial charge is 0.388 e. The summed E-state index contributed by atoms with van der Waals surface area (Å²) in [7, 11) is 2.02. The summed E-state index contributed by atoms with van der Waals surface area (Å²) >= 11 is 0. The molecule has 0 heterocycles. The van der Waals surface area contributed by atoms with E-state index in [-0.39, 0.29) is 0 Å². The van der Waals surface area contributed by atoms with Crippen molar-refractivity contribution in [3.05, 3.63) is 41.6 Å². The summed E-state index contributed by atoms with van der Waals surface area (Å²) in [5.41, 5.74) is 5.40. The highest BCUT2D eigenvalue weighted by atomic mass is 15.1. The Balaban J connectivity index is 2.57. The minimum absolute atomic E-state index is 0.841. The molecule has 0 unspecified atom stereocenters. The van der Waals surface area contributed by atoms with Gasteiger partial charge in [-0.25, -0.2) is 0 Å². The van der Waals surface area contributed by atoms with Gasteiger partial charge in [-0.05, 0) is 87.6 Å². The van der Waals surface area contributed by atoms with Crippen molar-refractivity contribution in [1.82, 2.24) is 10.2 Å². The van der Waals surface area contributed by atoms with Crippen molar-refractivity contribution in [1.29, 1.82) is 0 Å². The Kier molecular flexibility index (Phi) is 10.3. The van der Waals surface area contributed by atoms with Crippen LogP contribution in [0, 0.1) is 6.92 Å². The number of nitrogens with one attached hydrogen (secondary N) is 2. The Morgan fingerprint density at radius 2 is 1.75 bits per heavy atom. The first-order valence-corrected chi connectivity index (χ1v) is 9.53. The molecule has 1 rings (SSSR count). The molecule has 0 amide bonds. The molecular weight excluding hydrogens is 294 g/mol. The Morgan fingerprint density at radius 1 is 1.04 bits per heavy atom. The lowest BCUT2D eigenvalue weighted by Gasteiger charge is -2.21. The van der Waals surface area contributed by atoms with Gasteiger partial charge in [-0.1, -0.05) is 26.5 Å². The lowest BCUT2D eigenvalue weighted by Crippen LogP contribution is -2.26. The van der Waals surface area contributed by atoms with Gasteiger partial charge in [0.25, 0.3) is 0 Å². The van der Waals surface area contributed by atoms with Gasteiger partial charge in [-0.15, -0.1) is 0 Å². The Hall–Kier alpha value is -1.48. The zero-order valence-electron chi connectivity index (χ0n) is 16.3. The molecule has 0 radical (unpaired) electrons. The van der Waals surface area contributed by atoms with Crippen LogP contribution < -0.4 is 10.6 Å². The maximum atomic E-state index is 3.73. The van der Waals surface area contributed by atoms with E-state index in [0.29, 0.717) is 0 Å². The van der Waals surface area contributed by atoms with Crippen LogP contribution in [0.15, 0.2) is 24.9 Å². The summed E-state index contributed by atoms with van der Waals surface area (Å²) in [6.07, 6.45) is 7.94. The van der Waals surface area contributed by atoms with E-state index in [2.05, 4.69) is 55.0 Å². The van der Waals surface area contributed by atoms with Crippen LogP contribution in [0.25, 0.3) is 0 Å². The highest BCUT2D eigenvalue weighted by molar-refractivity contribution is 5.55. The topological polar surface area (TPSA) is 27.3 Å². The van der Waals surface area contributed by atoms with Gasteiger partial charge >= 0.3 is 0 Å². The fourth-order valence-electron chi connectivity index (χ4n) is 3.24. The van der Waals surface area contributed by atoms with Crippen LogP contribution in [0.4, 0.5) is 5.69 Å². The van der Waals surface area contributed by atoms with E-state index >= 15 is 0 Å². The van der Waals surface area contributed by atoms with Gasteiger partial charge < -0.3 is 15.5 Å². The van der Waals surface area contributed by atoms with Crippen LogP contribution in [-0.4, -0.2) is 31.6 Å². The van der Waals surface area contributed by atoms with Crippen LogP contribution >= 0.6 is 0 Å². The van der Waals surface area contributed by atoms with Crippen LogP contribution in [0.2, 0.25) is 0 Å². The predicted molar refractivity (Wildman–Crippen MR) is 108 cm³/mol. The fourth-order valence-corrected chi connectivity index (χ4v) is 3.24. The highest BCUT2D eigenvalue weighted by Gasteiger charge is 2.07. The molecule has 0 saturated heterocycles. The lowest BCUT2D eigenvalue weighted by atomic mass is 9.99. The predicted octanol–water partition coefficient (Wildman–Crippen LogP) is 4.71. The number of unbranched alkanes of at least 4 members (excludes halogenated alkanes) is 1. The van der Waals surface area contributed by atoms with Gasteiger partial charge in [0, 0.05) is 19.3 Å². The second-order valence-electron chi connectivity index (χ2n) is 6.57. The van der Waals surface area contributed by atoms with Crippen molar-refractivity contribution in [3.63, 3.8) is 0 Å². The van der Waals surface area contributed by atoms with Crippen molar-refractivity contribution >= 4 is 5.69 Å². The standard InChI is InChI=1S/C21H37N3/c1-6-12-24(13-7-2)14-10-9-11-19-15-18(4)20(17-23-8-3)16-21(19)22-5/h8,15-16,22-23H,3,6-7,9-14,17H2,1-2,4-5H3. The van der Waals surface area contributed by atoms with Crippen LogP contribution in [-0.2, 0) is 13.0 Å². The van der Waals surface area contributed by atoms with Gasteiger partial charge in [0.1, 0.15) is 0 Å². The van der Waals surface area contributed by atoms with Crippen molar-refractivity contribution in [2.24, 2.45) is 0 Å². The van der Waals surface area contributed by atoms with E-state index in [9.17, 15) is 0 Å². The molecule has 136 valence electrons. The molecule has 0 aliphatic heterocycles. The number of benzene rings is 1. The number of hydrogen-bond acceptors (Lipinski definition) is 3. The van der Waals surface area contributed by atoms with Gasteiger partial charge in [-0.2, -0.15) is 0 Å². The van der Waals surface area contributed by atoms with Crippen LogP contribution in [0.5, 0.6) is 0 Å². The molecule has 24 heavy (non-hydrogen) atoms. The Bertz CT molecular complexity index is 476. The van der Waals surface area contributed by atoms with Crippen molar-refractivity contribution < 1.29 is 0 Å². The van der Waals surface area contributed by atoms with E-state index in [1.807, 2.05) is 7.05 Å². The first kappa shape index (κ1) is 20.6. The molecule has 0 spiro atoms. The maximum Gasteiger partial charge on any atom is 0.0398 e. The average Bonchev–Trinajstić information content (AvgIpc) is 2.58. The molecule has 0 fully saturated rings. The number of rotatable bonds is 13. The van der Waals surface area contributed by atoms with E-state index in [1.54, 1.807) is 6.20 Å². The average molecular weight is 332 g/mol. The van der Waals surface area contributed by atoms with E-state index < -0.39 is 0 Å². The molecule has 0 atom stereocenters. The maximum absolute atomic E-state index is 3.73. The first-order chi connectivity index (χ1) is 11.7. The van der Waals surface area contributed by atoms with Crippen molar-refractivity contribution in [2.45, 2.75) is 59.4 Å². The van der Waals surface area contributed by atoms with Gasteiger partial charge in [-0.3, -0.25) is 0 Å². The summed E-state index contributed by atoms with van der Waals surface area (Å²) in [4.78, 5) is 2.61. The molecule has 0 aliphatic rings. The molecule has 0 saturated carbocycles. The van der Waals surface area contributed by atoms with E-state index in [1.165, 1.54) is 67.7 Å². The summed E-state index contributed by atoms with van der Waals surface area (Å²) in [6.45, 7) is 15.0. The second kappa shape index (κ2) is 12.0. The van der Waals surface area contributed by atoms with Crippen molar-refractivity contribution in [3.8, 4) is 0 Å². The van der Waals surface area contributed by atoms with Crippen LogP contribution in [0.3, 0.4) is 0 Å². The molecular formula is C21H37N3. The molecule has 2 N–H and O–H groups in total. The molecule has 1 aromatic carbocycles. The Morgan fingerprint density at radius 3 is 2.33 bits per heavy atom. The third-order valence-corrected chi connectivity index (χ3v) is 4.52. The lowest BCUT2D eigenvalue weighted by molar-refractivity contribution is 0.269. The number of aryl methyl sites for hydroxylation is 2. The monoisotopic (exact) mass is 331 g/mol. The zero-order valence-corrected chi connectivity index (χ0v) is 16.3. The minimum Gasteiger partial charge on any atom is -0.388 e.